The topological polar surface area (TPSA) is 41.5 Å². The van der Waals surface area contributed by atoms with Crippen molar-refractivity contribution in [1.82, 2.24) is 5.32 Å². The second-order valence-corrected chi connectivity index (χ2v) is 6.38. The lowest BCUT2D eigenvalue weighted by Gasteiger charge is -2.19. The van der Waals surface area contributed by atoms with Crippen LogP contribution in [-0.4, -0.2) is 30.4 Å². The summed E-state index contributed by atoms with van der Waals surface area (Å²) in [6.45, 7) is 11.2. The monoisotopic (exact) mass is 313 g/mol. The van der Waals surface area contributed by atoms with Crippen LogP contribution >= 0.6 is 11.6 Å². The Hall–Kier alpha value is -0.770. The minimum Gasteiger partial charge on any atom is -0.491 e. The number of halogens is 1. The largest absolute Gasteiger partial charge is 0.491 e. The first-order valence-electron chi connectivity index (χ1n) is 7.69. The SMILES string of the molecule is CC[C@H](C)NC[C@@H](O)COc1cc(C)c(Cl)cc1C(C)C. The Balaban J connectivity index is 2.64. The van der Waals surface area contributed by atoms with Crippen LogP contribution in [0.3, 0.4) is 0 Å². The van der Waals surface area contributed by atoms with Gasteiger partial charge in [0.05, 0.1) is 0 Å². The fraction of sp³-hybridized carbons (Fsp3) is 0.647. The number of benzene rings is 1. The molecule has 3 nitrogen and oxygen atoms in total. The van der Waals surface area contributed by atoms with Gasteiger partial charge in [0.25, 0.3) is 0 Å². The molecule has 1 aromatic rings. The lowest BCUT2D eigenvalue weighted by atomic mass is 10.0. The van der Waals surface area contributed by atoms with Gasteiger partial charge in [0, 0.05) is 17.6 Å². The molecule has 0 aliphatic rings. The van der Waals surface area contributed by atoms with Crippen LogP contribution in [0.2, 0.25) is 5.02 Å². The van der Waals surface area contributed by atoms with Gasteiger partial charge in [-0.15, -0.1) is 0 Å². The molecule has 2 atom stereocenters. The van der Waals surface area contributed by atoms with Gasteiger partial charge in [0.1, 0.15) is 18.5 Å². The summed E-state index contributed by atoms with van der Waals surface area (Å²) in [7, 11) is 0. The van der Waals surface area contributed by atoms with Gasteiger partial charge in [-0.2, -0.15) is 0 Å². The molecule has 0 bridgehead atoms. The smallest absolute Gasteiger partial charge is 0.123 e. The molecule has 0 unspecified atom stereocenters. The zero-order chi connectivity index (χ0) is 16.0. The van der Waals surface area contributed by atoms with Crippen molar-refractivity contribution >= 4 is 11.6 Å². The minimum atomic E-state index is -0.519. The Morgan fingerprint density at radius 3 is 2.52 bits per heavy atom. The van der Waals surface area contributed by atoms with Crippen LogP contribution in [0, 0.1) is 6.92 Å². The lowest BCUT2D eigenvalue weighted by molar-refractivity contribution is 0.103. The molecule has 1 aromatic carbocycles. The number of aliphatic hydroxyl groups is 1. The first-order valence-corrected chi connectivity index (χ1v) is 8.07. The number of rotatable bonds is 8. The highest BCUT2D eigenvalue weighted by Gasteiger charge is 2.13. The van der Waals surface area contributed by atoms with Gasteiger partial charge >= 0.3 is 0 Å². The van der Waals surface area contributed by atoms with Gasteiger partial charge < -0.3 is 15.2 Å². The molecular weight excluding hydrogens is 286 g/mol. The van der Waals surface area contributed by atoms with Crippen molar-refractivity contribution in [3.8, 4) is 5.75 Å². The van der Waals surface area contributed by atoms with Crippen LogP contribution < -0.4 is 10.1 Å². The van der Waals surface area contributed by atoms with Gasteiger partial charge in [-0.3, -0.25) is 0 Å². The maximum Gasteiger partial charge on any atom is 0.123 e. The number of aliphatic hydroxyl groups excluding tert-OH is 1. The highest BCUT2D eigenvalue weighted by Crippen LogP contribution is 2.32. The van der Waals surface area contributed by atoms with E-state index in [4.69, 9.17) is 16.3 Å². The Bertz CT molecular complexity index is 449. The molecule has 0 amide bonds. The van der Waals surface area contributed by atoms with E-state index in [0.717, 1.165) is 28.3 Å². The molecule has 0 radical (unpaired) electrons. The highest BCUT2D eigenvalue weighted by molar-refractivity contribution is 6.31. The summed E-state index contributed by atoms with van der Waals surface area (Å²) < 4.78 is 5.81. The van der Waals surface area contributed by atoms with Crippen molar-refractivity contribution in [1.29, 1.82) is 0 Å². The molecule has 1 rings (SSSR count). The average Bonchev–Trinajstić information content (AvgIpc) is 2.45. The van der Waals surface area contributed by atoms with E-state index in [1.54, 1.807) is 0 Å². The van der Waals surface area contributed by atoms with Crippen molar-refractivity contribution in [2.75, 3.05) is 13.2 Å². The van der Waals surface area contributed by atoms with Crippen LogP contribution in [0.4, 0.5) is 0 Å². The summed E-state index contributed by atoms with van der Waals surface area (Å²) in [6.07, 6.45) is 0.525. The fourth-order valence-electron chi connectivity index (χ4n) is 1.97. The molecule has 4 heteroatoms. The Kier molecular flexibility index (Phi) is 7.50. The van der Waals surface area contributed by atoms with E-state index in [1.807, 2.05) is 19.1 Å². The van der Waals surface area contributed by atoms with Crippen LogP contribution in [-0.2, 0) is 0 Å². The van der Waals surface area contributed by atoms with E-state index >= 15 is 0 Å². The maximum atomic E-state index is 9.99. The third-order valence-corrected chi connectivity index (χ3v) is 4.07. The van der Waals surface area contributed by atoms with Crippen LogP contribution in [0.15, 0.2) is 12.1 Å². The van der Waals surface area contributed by atoms with Crippen molar-refractivity contribution < 1.29 is 9.84 Å². The first-order chi connectivity index (χ1) is 9.85. The molecule has 0 aliphatic heterocycles. The Morgan fingerprint density at radius 2 is 1.95 bits per heavy atom. The van der Waals surface area contributed by atoms with Crippen LogP contribution in [0.5, 0.6) is 5.75 Å². The van der Waals surface area contributed by atoms with E-state index in [2.05, 4.69) is 33.0 Å². The number of aryl methyl sites for hydroxylation is 1. The van der Waals surface area contributed by atoms with Gasteiger partial charge in [0.2, 0.25) is 0 Å². The summed E-state index contributed by atoms with van der Waals surface area (Å²) in [6, 6.07) is 4.32. The van der Waals surface area contributed by atoms with E-state index in [0.29, 0.717) is 18.5 Å². The first kappa shape index (κ1) is 18.3. The molecular formula is C17H28ClNO2. The number of hydrogen-bond acceptors (Lipinski definition) is 3. The number of ether oxygens (including phenoxy) is 1. The van der Waals surface area contributed by atoms with Crippen LogP contribution in [0.25, 0.3) is 0 Å². The van der Waals surface area contributed by atoms with Crippen molar-refractivity contribution in [2.24, 2.45) is 0 Å². The summed E-state index contributed by atoms with van der Waals surface area (Å²) >= 11 is 6.18. The molecule has 21 heavy (non-hydrogen) atoms. The summed E-state index contributed by atoms with van der Waals surface area (Å²) in [5.41, 5.74) is 2.07. The average molecular weight is 314 g/mol. The van der Waals surface area contributed by atoms with E-state index < -0.39 is 6.10 Å². The molecule has 0 fully saturated rings. The fourth-order valence-corrected chi connectivity index (χ4v) is 2.15. The zero-order valence-corrected chi connectivity index (χ0v) is 14.5. The minimum absolute atomic E-state index is 0.282. The molecule has 0 aromatic heterocycles. The lowest BCUT2D eigenvalue weighted by Crippen LogP contribution is -2.36. The second kappa shape index (κ2) is 8.62. The quantitative estimate of drug-likeness (QED) is 0.765. The van der Waals surface area contributed by atoms with Gasteiger partial charge in [-0.1, -0.05) is 32.4 Å². The molecule has 0 saturated heterocycles. The molecule has 0 saturated carbocycles. The van der Waals surface area contributed by atoms with Gasteiger partial charge in [-0.05, 0) is 49.4 Å². The number of nitrogens with one attached hydrogen (secondary N) is 1. The third kappa shape index (κ3) is 5.85. The van der Waals surface area contributed by atoms with Crippen molar-refractivity contribution in [3.05, 3.63) is 28.3 Å². The van der Waals surface area contributed by atoms with Gasteiger partial charge in [0.15, 0.2) is 0 Å². The Morgan fingerprint density at radius 1 is 1.29 bits per heavy atom. The standard InChI is InChI=1S/C17H28ClNO2/c1-6-13(5)19-9-14(20)10-21-17-7-12(4)16(18)8-15(17)11(2)3/h7-8,11,13-14,19-20H,6,9-10H2,1-5H3/t13-,14+/m0/s1. The second-order valence-electron chi connectivity index (χ2n) is 5.98. The van der Waals surface area contributed by atoms with E-state index in [-0.39, 0.29) is 6.61 Å². The van der Waals surface area contributed by atoms with Crippen molar-refractivity contribution in [2.45, 2.75) is 59.1 Å². The maximum absolute atomic E-state index is 9.99. The zero-order valence-electron chi connectivity index (χ0n) is 13.7. The predicted octanol–water partition coefficient (Wildman–Crippen LogP) is 3.90. The Labute approximate surface area is 133 Å². The van der Waals surface area contributed by atoms with E-state index in [9.17, 15) is 5.11 Å². The van der Waals surface area contributed by atoms with Gasteiger partial charge in [-0.25, -0.2) is 0 Å². The van der Waals surface area contributed by atoms with E-state index in [1.165, 1.54) is 0 Å². The normalized spacial score (nSPS) is 14.3. The summed E-state index contributed by atoms with van der Waals surface area (Å²) in [4.78, 5) is 0. The van der Waals surface area contributed by atoms with Crippen molar-refractivity contribution in [3.63, 3.8) is 0 Å². The third-order valence-electron chi connectivity index (χ3n) is 3.66. The molecule has 120 valence electrons. The van der Waals surface area contributed by atoms with Crippen LogP contribution in [0.1, 0.15) is 51.2 Å². The molecule has 0 spiro atoms. The molecule has 2 N–H and O–H groups in total. The molecule has 0 heterocycles. The summed E-state index contributed by atoms with van der Waals surface area (Å²) in [5.74, 6) is 1.14. The highest BCUT2D eigenvalue weighted by atomic mass is 35.5. The number of hydrogen-bond donors (Lipinski definition) is 2. The molecule has 0 aliphatic carbocycles. The summed E-state index contributed by atoms with van der Waals surface area (Å²) in [5, 5.41) is 14.0. The predicted molar refractivity (Wildman–Crippen MR) is 89.5 cm³/mol.